The molecule has 0 aliphatic carbocycles. The van der Waals surface area contributed by atoms with Gasteiger partial charge in [-0.15, -0.1) is 0 Å². The van der Waals surface area contributed by atoms with E-state index in [-0.39, 0.29) is 18.6 Å². The predicted octanol–water partition coefficient (Wildman–Crippen LogP) is 0.281. The summed E-state index contributed by atoms with van der Waals surface area (Å²) < 4.78 is 1.84. The Hall–Kier alpha value is -2.08. The first kappa shape index (κ1) is 12.0. The fourth-order valence-corrected chi connectivity index (χ4v) is 2.73. The Bertz CT molecular complexity index is 622. The number of anilines is 1. The van der Waals surface area contributed by atoms with Crippen LogP contribution in [-0.2, 0) is 11.4 Å². The normalized spacial score (nSPS) is 19.2. The smallest absolute Gasteiger partial charge is 0.240 e. The summed E-state index contributed by atoms with van der Waals surface area (Å²) in [6, 6.07) is 5.32. The van der Waals surface area contributed by atoms with Crippen molar-refractivity contribution < 1.29 is 9.90 Å². The van der Waals surface area contributed by atoms with Crippen LogP contribution in [0.3, 0.4) is 0 Å². The molecule has 2 aromatic rings. The highest BCUT2D eigenvalue weighted by Gasteiger charge is 2.32. The van der Waals surface area contributed by atoms with Crippen molar-refractivity contribution in [1.29, 1.82) is 0 Å². The molecule has 1 amide bonds. The van der Waals surface area contributed by atoms with Crippen LogP contribution in [0.4, 0.5) is 5.82 Å². The Kier molecular flexibility index (Phi) is 2.87. The van der Waals surface area contributed by atoms with E-state index in [0.717, 1.165) is 25.0 Å². The van der Waals surface area contributed by atoms with Gasteiger partial charge in [0.15, 0.2) is 5.82 Å². The van der Waals surface area contributed by atoms with Crippen molar-refractivity contribution in [3.8, 4) is 0 Å². The number of carbonyl (C=O) groups excluding carboxylic acids is 1. The zero-order chi connectivity index (χ0) is 13.4. The number of nitrogens with zero attached hydrogens (tertiary/aromatic N) is 3. The van der Waals surface area contributed by atoms with Crippen LogP contribution in [0.15, 0.2) is 24.4 Å². The molecule has 100 valence electrons. The van der Waals surface area contributed by atoms with E-state index in [1.807, 2.05) is 33.7 Å². The van der Waals surface area contributed by atoms with Gasteiger partial charge < -0.3 is 15.7 Å². The number of aromatic nitrogens is 2. The molecule has 3 N–H and O–H groups in total. The van der Waals surface area contributed by atoms with Gasteiger partial charge in [0, 0.05) is 12.7 Å². The number of imidazole rings is 1. The van der Waals surface area contributed by atoms with Crippen LogP contribution in [0, 0.1) is 0 Å². The van der Waals surface area contributed by atoms with Gasteiger partial charge in [-0.3, -0.25) is 9.20 Å². The summed E-state index contributed by atoms with van der Waals surface area (Å²) in [7, 11) is 0. The number of aliphatic hydroxyl groups is 1. The summed E-state index contributed by atoms with van der Waals surface area (Å²) in [6.45, 7) is 0.618. The van der Waals surface area contributed by atoms with Gasteiger partial charge in [-0.05, 0) is 25.0 Å². The molecule has 19 heavy (non-hydrogen) atoms. The third-order valence-corrected chi connectivity index (χ3v) is 3.61. The average molecular weight is 260 g/mol. The standard InChI is InChI=1S/C13H16N4O2/c14-12(19)9-4-3-7-17(9)13-10(8-18)16-6-2-1-5-11(16)15-13/h1-2,5-6,9,18H,3-4,7-8H2,(H2,14,19). The molecule has 0 saturated carbocycles. The van der Waals surface area contributed by atoms with Gasteiger partial charge in [0.25, 0.3) is 0 Å². The molecule has 1 fully saturated rings. The molecular weight excluding hydrogens is 244 g/mol. The SMILES string of the molecule is NC(=O)C1CCCN1c1nc2ccccn2c1CO. The fraction of sp³-hybridized carbons (Fsp3) is 0.385. The minimum absolute atomic E-state index is 0.123. The second kappa shape index (κ2) is 4.55. The lowest BCUT2D eigenvalue weighted by atomic mass is 10.2. The lowest BCUT2D eigenvalue weighted by Gasteiger charge is -2.22. The first-order valence-corrected chi connectivity index (χ1v) is 6.35. The van der Waals surface area contributed by atoms with Gasteiger partial charge >= 0.3 is 0 Å². The fourth-order valence-electron chi connectivity index (χ4n) is 2.73. The van der Waals surface area contributed by atoms with Gasteiger partial charge in [0.2, 0.25) is 5.91 Å². The van der Waals surface area contributed by atoms with Gasteiger partial charge in [0.1, 0.15) is 11.7 Å². The number of hydrogen-bond acceptors (Lipinski definition) is 4. The molecule has 1 saturated heterocycles. The van der Waals surface area contributed by atoms with E-state index in [1.165, 1.54) is 0 Å². The molecule has 0 bridgehead atoms. The maximum Gasteiger partial charge on any atom is 0.240 e. The van der Waals surface area contributed by atoms with Crippen molar-refractivity contribution in [1.82, 2.24) is 9.38 Å². The maximum absolute atomic E-state index is 11.5. The van der Waals surface area contributed by atoms with E-state index in [2.05, 4.69) is 4.98 Å². The Balaban J connectivity index is 2.11. The number of carbonyl (C=O) groups is 1. The summed E-state index contributed by atoms with van der Waals surface area (Å²) in [4.78, 5) is 17.9. The van der Waals surface area contributed by atoms with Gasteiger partial charge in [-0.1, -0.05) is 6.07 Å². The van der Waals surface area contributed by atoms with E-state index in [4.69, 9.17) is 5.73 Å². The molecule has 1 aliphatic heterocycles. The number of aliphatic hydroxyl groups excluding tert-OH is 1. The summed E-state index contributed by atoms with van der Waals surface area (Å²) >= 11 is 0. The van der Waals surface area contributed by atoms with Crippen molar-refractivity contribution >= 4 is 17.4 Å². The molecule has 1 unspecified atom stereocenters. The Morgan fingerprint density at radius 2 is 2.37 bits per heavy atom. The van der Waals surface area contributed by atoms with Crippen molar-refractivity contribution in [2.45, 2.75) is 25.5 Å². The third-order valence-electron chi connectivity index (χ3n) is 3.61. The quantitative estimate of drug-likeness (QED) is 0.830. The van der Waals surface area contributed by atoms with E-state index >= 15 is 0 Å². The highest BCUT2D eigenvalue weighted by atomic mass is 16.3. The van der Waals surface area contributed by atoms with Crippen LogP contribution in [0.2, 0.25) is 0 Å². The second-order valence-electron chi connectivity index (χ2n) is 4.72. The topological polar surface area (TPSA) is 83.9 Å². The second-order valence-corrected chi connectivity index (χ2v) is 4.72. The molecular formula is C13H16N4O2. The van der Waals surface area contributed by atoms with Gasteiger partial charge in [0.05, 0.1) is 12.3 Å². The first-order valence-electron chi connectivity index (χ1n) is 6.35. The molecule has 6 heteroatoms. The minimum Gasteiger partial charge on any atom is -0.390 e. The third kappa shape index (κ3) is 1.84. The van der Waals surface area contributed by atoms with Crippen LogP contribution in [0.25, 0.3) is 5.65 Å². The molecule has 1 atom stereocenters. The lowest BCUT2D eigenvalue weighted by molar-refractivity contribution is -0.119. The predicted molar refractivity (Wildman–Crippen MR) is 70.7 cm³/mol. The molecule has 0 spiro atoms. The molecule has 0 radical (unpaired) electrons. The highest BCUT2D eigenvalue weighted by Crippen LogP contribution is 2.28. The minimum atomic E-state index is -0.335. The highest BCUT2D eigenvalue weighted by molar-refractivity contribution is 5.84. The monoisotopic (exact) mass is 260 g/mol. The van der Waals surface area contributed by atoms with Crippen molar-refractivity contribution in [2.75, 3.05) is 11.4 Å². The largest absolute Gasteiger partial charge is 0.390 e. The van der Waals surface area contributed by atoms with Gasteiger partial charge in [-0.25, -0.2) is 4.98 Å². The van der Waals surface area contributed by atoms with Crippen LogP contribution >= 0.6 is 0 Å². The summed E-state index contributed by atoms with van der Waals surface area (Å²) in [5.74, 6) is 0.327. The summed E-state index contributed by atoms with van der Waals surface area (Å²) in [5, 5.41) is 9.59. The number of primary amides is 1. The van der Waals surface area contributed by atoms with Crippen LogP contribution < -0.4 is 10.6 Å². The molecule has 2 aromatic heterocycles. The number of fused-ring (bicyclic) bond motifs is 1. The zero-order valence-corrected chi connectivity index (χ0v) is 10.5. The average Bonchev–Trinajstić information content (AvgIpc) is 3.02. The first-order chi connectivity index (χ1) is 9.22. The van der Waals surface area contributed by atoms with Gasteiger partial charge in [-0.2, -0.15) is 0 Å². The summed E-state index contributed by atoms with van der Waals surface area (Å²) in [6.07, 6.45) is 3.51. The van der Waals surface area contributed by atoms with E-state index in [0.29, 0.717) is 11.5 Å². The zero-order valence-electron chi connectivity index (χ0n) is 10.5. The number of amides is 1. The van der Waals surface area contributed by atoms with Crippen molar-refractivity contribution in [2.24, 2.45) is 5.73 Å². The summed E-state index contributed by atoms with van der Waals surface area (Å²) in [5.41, 5.74) is 6.89. The molecule has 1 aliphatic rings. The molecule has 3 heterocycles. The Labute approximate surface area is 110 Å². The number of pyridine rings is 1. The van der Waals surface area contributed by atoms with Crippen molar-refractivity contribution in [3.05, 3.63) is 30.1 Å². The van der Waals surface area contributed by atoms with Crippen LogP contribution in [-0.4, -0.2) is 33.0 Å². The van der Waals surface area contributed by atoms with E-state index in [9.17, 15) is 9.90 Å². The number of hydrogen-bond donors (Lipinski definition) is 2. The van der Waals surface area contributed by atoms with Crippen molar-refractivity contribution in [3.63, 3.8) is 0 Å². The van der Waals surface area contributed by atoms with E-state index in [1.54, 1.807) is 0 Å². The Morgan fingerprint density at radius 3 is 3.11 bits per heavy atom. The van der Waals surface area contributed by atoms with E-state index < -0.39 is 0 Å². The van der Waals surface area contributed by atoms with Crippen LogP contribution in [0.1, 0.15) is 18.5 Å². The molecule has 6 nitrogen and oxygen atoms in total. The molecule has 3 rings (SSSR count). The number of nitrogens with two attached hydrogens (primary N) is 1. The molecule has 0 aromatic carbocycles. The Morgan fingerprint density at radius 1 is 1.53 bits per heavy atom. The number of rotatable bonds is 3. The van der Waals surface area contributed by atoms with Crippen LogP contribution in [0.5, 0.6) is 0 Å². The maximum atomic E-state index is 11.5. The lowest BCUT2D eigenvalue weighted by Crippen LogP contribution is -2.41.